The van der Waals surface area contributed by atoms with Crippen LogP contribution in [0.5, 0.6) is 0 Å². The molecule has 7 heteroatoms. The van der Waals surface area contributed by atoms with E-state index >= 15 is 0 Å². The topological polar surface area (TPSA) is 50.7 Å². The van der Waals surface area contributed by atoms with Crippen LogP contribution in [0.2, 0.25) is 10.6 Å². The molecule has 4 nitrogen and oxygen atoms in total. The summed E-state index contributed by atoms with van der Waals surface area (Å²) in [6.45, 7) is 2.01. The van der Waals surface area contributed by atoms with Gasteiger partial charge in [-0.2, -0.15) is 15.0 Å². The van der Waals surface area contributed by atoms with Crippen molar-refractivity contribution in [3.8, 4) is 0 Å². The first-order valence-electron chi connectivity index (χ1n) is 4.65. The number of hydrogen-bond donors (Lipinski definition) is 1. The zero-order valence-electron chi connectivity index (χ0n) is 8.71. The molecule has 17 heavy (non-hydrogen) atoms. The fourth-order valence-corrected chi connectivity index (χ4v) is 2.18. The third-order valence-corrected chi connectivity index (χ3v) is 2.95. The Bertz CT molecular complexity index is 542. The molecule has 0 atom stereocenters. The average Bonchev–Trinajstić information content (AvgIpc) is 2.21. The summed E-state index contributed by atoms with van der Waals surface area (Å²) in [5, 5.41) is 3.11. The van der Waals surface area contributed by atoms with Gasteiger partial charge in [0.15, 0.2) is 0 Å². The van der Waals surface area contributed by atoms with Crippen molar-refractivity contribution >= 4 is 50.8 Å². The predicted octanol–water partition coefficient (Wildman–Crippen LogP) is 3.99. The third-order valence-electron chi connectivity index (χ3n) is 1.95. The molecular weight excluding hydrogens is 327 g/mol. The van der Waals surface area contributed by atoms with E-state index in [0.717, 1.165) is 15.7 Å². The minimum atomic E-state index is 0.0516. The largest absolute Gasteiger partial charge is 0.323 e. The Morgan fingerprint density at radius 2 is 1.76 bits per heavy atom. The standard InChI is InChI=1S/C10H7BrCl2N4/c1-5-2-3-7(6(11)4-5)14-10-16-8(12)15-9(13)17-10/h2-4H,1H3,(H,14,15,16,17). The van der Waals surface area contributed by atoms with E-state index in [-0.39, 0.29) is 10.6 Å². The van der Waals surface area contributed by atoms with Crippen molar-refractivity contribution in [2.45, 2.75) is 6.92 Å². The fraction of sp³-hybridized carbons (Fsp3) is 0.100. The molecule has 0 aliphatic carbocycles. The van der Waals surface area contributed by atoms with Crippen molar-refractivity contribution < 1.29 is 0 Å². The lowest BCUT2D eigenvalue weighted by molar-refractivity contribution is 1.05. The first-order valence-corrected chi connectivity index (χ1v) is 6.20. The van der Waals surface area contributed by atoms with Crippen LogP contribution >= 0.6 is 39.1 Å². The van der Waals surface area contributed by atoms with E-state index in [1.165, 1.54) is 0 Å². The van der Waals surface area contributed by atoms with Crippen molar-refractivity contribution in [1.29, 1.82) is 0 Å². The van der Waals surface area contributed by atoms with Gasteiger partial charge in [-0.15, -0.1) is 0 Å². The molecule has 1 N–H and O–H groups in total. The quantitative estimate of drug-likeness (QED) is 0.902. The molecule has 0 saturated heterocycles. The van der Waals surface area contributed by atoms with E-state index in [1.807, 2.05) is 25.1 Å². The molecule has 2 aromatic rings. The van der Waals surface area contributed by atoms with Crippen molar-refractivity contribution in [3.63, 3.8) is 0 Å². The molecule has 0 spiro atoms. The summed E-state index contributed by atoms with van der Waals surface area (Å²) in [6, 6.07) is 5.86. The lowest BCUT2D eigenvalue weighted by Crippen LogP contribution is -2.00. The molecular formula is C10H7BrCl2N4. The zero-order valence-corrected chi connectivity index (χ0v) is 11.8. The van der Waals surface area contributed by atoms with Gasteiger partial charge in [0.2, 0.25) is 16.5 Å². The third kappa shape index (κ3) is 3.28. The number of nitrogens with one attached hydrogen (secondary N) is 1. The molecule has 0 amide bonds. The monoisotopic (exact) mass is 332 g/mol. The van der Waals surface area contributed by atoms with Gasteiger partial charge in [-0.05, 0) is 63.8 Å². The normalized spacial score (nSPS) is 10.4. The van der Waals surface area contributed by atoms with Crippen LogP contribution in [0.4, 0.5) is 11.6 Å². The maximum atomic E-state index is 5.68. The maximum absolute atomic E-state index is 5.68. The van der Waals surface area contributed by atoms with E-state index in [9.17, 15) is 0 Å². The number of nitrogens with zero attached hydrogens (tertiary/aromatic N) is 3. The highest BCUT2D eigenvalue weighted by molar-refractivity contribution is 9.10. The van der Waals surface area contributed by atoms with E-state index in [2.05, 4.69) is 36.2 Å². The van der Waals surface area contributed by atoms with E-state index in [0.29, 0.717) is 5.95 Å². The van der Waals surface area contributed by atoms with Crippen LogP contribution in [0.1, 0.15) is 5.56 Å². The summed E-state index contributed by atoms with van der Waals surface area (Å²) in [5.74, 6) is 0.305. The first kappa shape index (κ1) is 12.5. The number of anilines is 2. The van der Waals surface area contributed by atoms with Crippen LogP contribution in [-0.4, -0.2) is 15.0 Å². The Labute approximate surface area is 117 Å². The minimum Gasteiger partial charge on any atom is -0.323 e. The molecule has 0 aliphatic rings. The van der Waals surface area contributed by atoms with Crippen LogP contribution in [0.3, 0.4) is 0 Å². The second kappa shape index (κ2) is 5.16. The van der Waals surface area contributed by atoms with Crippen molar-refractivity contribution in [1.82, 2.24) is 15.0 Å². The summed E-state index contributed by atoms with van der Waals surface area (Å²) >= 11 is 14.8. The average molecular weight is 334 g/mol. The molecule has 0 saturated carbocycles. The smallest absolute Gasteiger partial charge is 0.232 e. The molecule has 88 valence electrons. The maximum Gasteiger partial charge on any atom is 0.232 e. The lowest BCUT2D eigenvalue weighted by Gasteiger charge is -2.07. The molecule has 0 bridgehead atoms. The van der Waals surface area contributed by atoms with E-state index < -0.39 is 0 Å². The van der Waals surface area contributed by atoms with Crippen LogP contribution in [0.15, 0.2) is 22.7 Å². The van der Waals surface area contributed by atoms with Gasteiger partial charge in [-0.3, -0.25) is 0 Å². The Hall–Kier alpha value is -0.910. The van der Waals surface area contributed by atoms with Crippen molar-refractivity contribution in [2.75, 3.05) is 5.32 Å². The number of aryl methyl sites for hydroxylation is 1. The molecule has 0 radical (unpaired) electrons. The predicted molar refractivity (Wildman–Crippen MR) is 72.0 cm³/mol. The van der Waals surface area contributed by atoms with Gasteiger partial charge in [-0.1, -0.05) is 6.07 Å². The van der Waals surface area contributed by atoms with Crippen molar-refractivity contribution in [3.05, 3.63) is 38.8 Å². The highest BCUT2D eigenvalue weighted by Crippen LogP contribution is 2.26. The number of rotatable bonds is 2. The van der Waals surface area contributed by atoms with Gasteiger partial charge < -0.3 is 5.32 Å². The number of halogens is 3. The second-order valence-corrected chi connectivity index (χ2v) is 4.84. The summed E-state index contributed by atoms with van der Waals surface area (Å²) in [4.78, 5) is 11.5. The number of benzene rings is 1. The molecule has 0 aliphatic heterocycles. The van der Waals surface area contributed by atoms with Crippen LogP contribution in [-0.2, 0) is 0 Å². The van der Waals surface area contributed by atoms with E-state index in [1.54, 1.807) is 0 Å². The SMILES string of the molecule is Cc1ccc(Nc2nc(Cl)nc(Cl)n2)c(Br)c1. The molecule has 1 aromatic heterocycles. The number of aromatic nitrogens is 3. The molecule has 2 rings (SSSR count). The van der Waals surface area contributed by atoms with Gasteiger partial charge in [-0.25, -0.2) is 0 Å². The highest BCUT2D eigenvalue weighted by atomic mass is 79.9. The van der Waals surface area contributed by atoms with Crippen LogP contribution in [0.25, 0.3) is 0 Å². The van der Waals surface area contributed by atoms with Gasteiger partial charge in [0.05, 0.1) is 5.69 Å². The fourth-order valence-electron chi connectivity index (χ4n) is 1.22. The van der Waals surface area contributed by atoms with Gasteiger partial charge in [0, 0.05) is 4.47 Å². The molecule has 1 aromatic carbocycles. The van der Waals surface area contributed by atoms with Crippen LogP contribution < -0.4 is 5.32 Å². The number of hydrogen-bond acceptors (Lipinski definition) is 4. The van der Waals surface area contributed by atoms with Crippen molar-refractivity contribution in [2.24, 2.45) is 0 Å². The first-order chi connectivity index (χ1) is 8.04. The lowest BCUT2D eigenvalue weighted by atomic mass is 10.2. The minimum absolute atomic E-state index is 0.0516. The van der Waals surface area contributed by atoms with E-state index in [4.69, 9.17) is 23.2 Å². The summed E-state index contributed by atoms with van der Waals surface area (Å²) in [7, 11) is 0. The Kier molecular flexibility index (Phi) is 3.81. The zero-order chi connectivity index (χ0) is 12.4. The van der Waals surface area contributed by atoms with Gasteiger partial charge in [0.1, 0.15) is 0 Å². The van der Waals surface area contributed by atoms with Gasteiger partial charge in [0.25, 0.3) is 0 Å². The molecule has 0 unspecified atom stereocenters. The molecule has 1 heterocycles. The Balaban J connectivity index is 2.31. The Morgan fingerprint density at radius 1 is 1.12 bits per heavy atom. The summed E-state index contributed by atoms with van der Waals surface area (Å²) < 4.78 is 0.908. The van der Waals surface area contributed by atoms with Gasteiger partial charge >= 0.3 is 0 Å². The summed E-state index contributed by atoms with van der Waals surface area (Å²) in [6.07, 6.45) is 0. The molecule has 0 fully saturated rings. The summed E-state index contributed by atoms with van der Waals surface area (Å²) in [5.41, 5.74) is 1.98. The Morgan fingerprint density at radius 3 is 2.35 bits per heavy atom. The highest BCUT2D eigenvalue weighted by Gasteiger charge is 2.05. The van der Waals surface area contributed by atoms with Crippen LogP contribution in [0, 0.1) is 6.92 Å². The second-order valence-electron chi connectivity index (χ2n) is 3.31.